The van der Waals surface area contributed by atoms with Gasteiger partial charge in [-0.25, -0.2) is 0 Å². The van der Waals surface area contributed by atoms with E-state index in [1.807, 2.05) is 25.1 Å². The van der Waals surface area contributed by atoms with Gasteiger partial charge < -0.3 is 4.90 Å². The summed E-state index contributed by atoms with van der Waals surface area (Å²) in [6, 6.07) is 11.6. The molecule has 152 valence electrons. The van der Waals surface area contributed by atoms with Gasteiger partial charge in [-0.05, 0) is 48.9 Å². The van der Waals surface area contributed by atoms with Crippen molar-refractivity contribution < 1.29 is 18.0 Å². The highest BCUT2D eigenvalue weighted by Crippen LogP contribution is 2.38. The maximum Gasteiger partial charge on any atom is 0.416 e. The fraction of sp³-hybridized carbons (Fsp3) is 0.364. The zero-order valence-electron chi connectivity index (χ0n) is 16.3. The Bertz CT molecular complexity index is 1060. The van der Waals surface area contributed by atoms with Crippen molar-refractivity contribution >= 4 is 16.8 Å². The van der Waals surface area contributed by atoms with Crippen LogP contribution in [0.5, 0.6) is 0 Å². The average Bonchev–Trinajstić information content (AvgIpc) is 3.03. The number of carbonyl (C=O) groups excluding carboxylic acids is 1. The van der Waals surface area contributed by atoms with E-state index in [0.29, 0.717) is 37.2 Å². The first kappa shape index (κ1) is 19.5. The standard InChI is InChI=1S/C22H22F3N3O/c1-14-7-8-17-19(13-14)27(2)26-20(17)21(29)28-11-9-15(10-12-28)16-5-3-4-6-18(16)22(23,24)25/h3-8,13,15H,9-12H2,1-2H3. The molecule has 0 aliphatic carbocycles. The minimum absolute atomic E-state index is 0.165. The Morgan fingerprint density at radius 1 is 1.10 bits per heavy atom. The van der Waals surface area contributed by atoms with Crippen molar-refractivity contribution in [1.29, 1.82) is 0 Å². The first-order valence-electron chi connectivity index (χ1n) is 9.64. The molecule has 0 N–H and O–H groups in total. The number of nitrogens with zero attached hydrogens (tertiary/aromatic N) is 3. The summed E-state index contributed by atoms with van der Waals surface area (Å²) in [6.07, 6.45) is -3.36. The summed E-state index contributed by atoms with van der Waals surface area (Å²) in [6.45, 7) is 2.82. The Balaban J connectivity index is 1.53. The molecule has 0 unspecified atom stereocenters. The molecule has 0 radical (unpaired) electrons. The molecule has 1 fully saturated rings. The molecular formula is C22H22F3N3O. The van der Waals surface area contributed by atoms with Crippen molar-refractivity contribution in [3.8, 4) is 0 Å². The second-order valence-corrected chi connectivity index (χ2v) is 7.64. The van der Waals surface area contributed by atoms with Crippen LogP contribution in [0.2, 0.25) is 0 Å². The molecule has 1 aromatic heterocycles. The summed E-state index contributed by atoms with van der Waals surface area (Å²) in [7, 11) is 1.80. The van der Waals surface area contributed by atoms with Crippen molar-refractivity contribution in [3.05, 3.63) is 64.8 Å². The molecule has 4 rings (SSSR count). The van der Waals surface area contributed by atoms with Gasteiger partial charge in [0.05, 0.1) is 11.1 Å². The largest absolute Gasteiger partial charge is 0.416 e. The predicted octanol–water partition coefficient (Wildman–Crippen LogP) is 4.92. The number of piperidine rings is 1. The normalized spacial score (nSPS) is 15.8. The molecule has 0 saturated carbocycles. The molecule has 2 heterocycles. The lowest BCUT2D eigenvalue weighted by molar-refractivity contribution is -0.138. The number of hydrogen-bond acceptors (Lipinski definition) is 2. The van der Waals surface area contributed by atoms with Gasteiger partial charge >= 0.3 is 6.18 Å². The highest BCUT2D eigenvalue weighted by molar-refractivity contribution is 6.05. The smallest absolute Gasteiger partial charge is 0.337 e. The molecule has 0 atom stereocenters. The van der Waals surface area contributed by atoms with Crippen LogP contribution in [0.3, 0.4) is 0 Å². The van der Waals surface area contributed by atoms with Crippen molar-refractivity contribution in [2.75, 3.05) is 13.1 Å². The summed E-state index contributed by atoms with van der Waals surface area (Å²) in [4.78, 5) is 14.8. The Morgan fingerprint density at radius 3 is 2.48 bits per heavy atom. The number of fused-ring (bicyclic) bond motifs is 1. The minimum atomic E-state index is -4.37. The fourth-order valence-corrected chi connectivity index (χ4v) is 4.18. The quantitative estimate of drug-likeness (QED) is 0.611. The van der Waals surface area contributed by atoms with Crippen LogP contribution in [0.15, 0.2) is 42.5 Å². The van der Waals surface area contributed by atoms with Crippen LogP contribution >= 0.6 is 0 Å². The molecule has 0 bridgehead atoms. The van der Waals surface area contributed by atoms with E-state index in [2.05, 4.69) is 5.10 Å². The number of aromatic nitrogens is 2. The van der Waals surface area contributed by atoms with Crippen LogP contribution in [0.25, 0.3) is 10.9 Å². The second-order valence-electron chi connectivity index (χ2n) is 7.64. The van der Waals surface area contributed by atoms with Crippen LogP contribution in [0, 0.1) is 6.92 Å². The molecule has 0 spiro atoms. The number of likely N-dealkylation sites (tertiary alicyclic amines) is 1. The highest BCUT2D eigenvalue weighted by atomic mass is 19.4. The van der Waals surface area contributed by atoms with E-state index in [4.69, 9.17) is 0 Å². The van der Waals surface area contributed by atoms with Crippen LogP contribution in [0.1, 0.15) is 45.9 Å². The molecular weight excluding hydrogens is 379 g/mol. The molecule has 1 amide bonds. The number of rotatable bonds is 2. The molecule has 1 aliphatic rings. The SMILES string of the molecule is Cc1ccc2c(C(=O)N3CCC(c4ccccc4C(F)(F)F)CC3)nn(C)c2c1. The monoisotopic (exact) mass is 401 g/mol. The highest BCUT2D eigenvalue weighted by Gasteiger charge is 2.36. The van der Waals surface area contributed by atoms with E-state index in [-0.39, 0.29) is 11.8 Å². The zero-order chi connectivity index (χ0) is 20.8. The van der Waals surface area contributed by atoms with Crippen LogP contribution < -0.4 is 0 Å². The number of alkyl halides is 3. The lowest BCUT2D eigenvalue weighted by atomic mass is 9.86. The Hall–Kier alpha value is -2.83. The molecule has 3 aromatic rings. The Morgan fingerprint density at radius 2 is 1.79 bits per heavy atom. The summed E-state index contributed by atoms with van der Waals surface area (Å²) < 4.78 is 41.7. The fourth-order valence-electron chi connectivity index (χ4n) is 4.18. The Labute approximate surface area is 166 Å². The third-order valence-corrected chi connectivity index (χ3v) is 5.70. The maximum atomic E-state index is 13.3. The van der Waals surface area contributed by atoms with Gasteiger partial charge in [-0.1, -0.05) is 30.3 Å². The number of hydrogen-bond donors (Lipinski definition) is 0. The number of benzene rings is 2. The average molecular weight is 401 g/mol. The van der Waals surface area contributed by atoms with Crippen LogP contribution in [0.4, 0.5) is 13.2 Å². The third-order valence-electron chi connectivity index (χ3n) is 5.70. The van der Waals surface area contributed by atoms with Crippen molar-refractivity contribution in [3.63, 3.8) is 0 Å². The Kier molecular flexibility index (Phi) is 4.84. The van der Waals surface area contributed by atoms with Crippen molar-refractivity contribution in [1.82, 2.24) is 14.7 Å². The van der Waals surface area contributed by atoms with Gasteiger partial charge in [-0.2, -0.15) is 18.3 Å². The van der Waals surface area contributed by atoms with Gasteiger partial charge in [0, 0.05) is 25.5 Å². The van der Waals surface area contributed by atoms with E-state index in [1.165, 1.54) is 6.07 Å². The topological polar surface area (TPSA) is 38.1 Å². The molecule has 1 aliphatic heterocycles. The molecule has 4 nitrogen and oxygen atoms in total. The lowest BCUT2D eigenvalue weighted by Gasteiger charge is -2.33. The van der Waals surface area contributed by atoms with Gasteiger partial charge in [-0.3, -0.25) is 9.48 Å². The first-order valence-corrected chi connectivity index (χ1v) is 9.64. The molecule has 1 saturated heterocycles. The number of amides is 1. The van der Waals surface area contributed by atoms with Gasteiger partial charge in [0.15, 0.2) is 5.69 Å². The van der Waals surface area contributed by atoms with E-state index in [9.17, 15) is 18.0 Å². The zero-order valence-corrected chi connectivity index (χ0v) is 16.3. The number of aryl methyl sites for hydroxylation is 2. The van der Waals surface area contributed by atoms with E-state index in [0.717, 1.165) is 22.5 Å². The second kappa shape index (κ2) is 7.21. The third kappa shape index (κ3) is 3.61. The maximum absolute atomic E-state index is 13.3. The van der Waals surface area contributed by atoms with Crippen LogP contribution in [-0.4, -0.2) is 33.7 Å². The molecule has 2 aromatic carbocycles. The van der Waals surface area contributed by atoms with Crippen molar-refractivity contribution in [2.45, 2.75) is 31.9 Å². The van der Waals surface area contributed by atoms with Crippen molar-refractivity contribution in [2.24, 2.45) is 7.05 Å². The molecule has 7 heteroatoms. The summed E-state index contributed by atoms with van der Waals surface area (Å²) in [5, 5.41) is 5.21. The summed E-state index contributed by atoms with van der Waals surface area (Å²) >= 11 is 0. The van der Waals surface area contributed by atoms with Gasteiger partial charge in [0.2, 0.25) is 0 Å². The summed E-state index contributed by atoms with van der Waals surface area (Å²) in [5.74, 6) is -0.373. The number of halogens is 3. The van der Waals surface area contributed by atoms with E-state index >= 15 is 0 Å². The summed E-state index contributed by atoms with van der Waals surface area (Å²) in [5.41, 5.74) is 2.13. The molecule has 29 heavy (non-hydrogen) atoms. The van der Waals surface area contributed by atoms with E-state index < -0.39 is 11.7 Å². The first-order chi connectivity index (χ1) is 13.8. The van der Waals surface area contributed by atoms with Crippen LogP contribution in [-0.2, 0) is 13.2 Å². The van der Waals surface area contributed by atoms with Gasteiger partial charge in [0.25, 0.3) is 5.91 Å². The lowest BCUT2D eigenvalue weighted by Crippen LogP contribution is -2.38. The van der Waals surface area contributed by atoms with Gasteiger partial charge in [-0.15, -0.1) is 0 Å². The minimum Gasteiger partial charge on any atom is -0.337 e. The van der Waals surface area contributed by atoms with E-state index in [1.54, 1.807) is 28.8 Å². The van der Waals surface area contributed by atoms with Gasteiger partial charge in [0.1, 0.15) is 0 Å². The predicted molar refractivity (Wildman–Crippen MR) is 105 cm³/mol. The number of carbonyl (C=O) groups is 1.